The van der Waals surface area contributed by atoms with Crippen LogP contribution in [0.5, 0.6) is 0 Å². The van der Waals surface area contributed by atoms with Crippen molar-refractivity contribution in [2.75, 3.05) is 55.0 Å². The van der Waals surface area contributed by atoms with Gasteiger partial charge in [-0.05, 0) is 295 Å². The van der Waals surface area contributed by atoms with E-state index in [1.165, 1.54) is 81.8 Å². The number of nitriles is 4. The second kappa shape index (κ2) is 35.3. The fraction of sp³-hybridized carbons (Fsp3) is 0.360. The summed E-state index contributed by atoms with van der Waals surface area (Å²) in [4.78, 5) is 20.5. The predicted octanol–water partition coefficient (Wildman–Crippen LogP) is 23.1. The molecule has 0 radical (unpaired) electrons. The standard InChI is InChI=1S/C30H35N3O.C28H31N3O.C23H21N3O.C19H17N3O/c1-28(2,3)26-14-20(25(18-31)32-8)13-23(34-26)10-9-19-11-21-15-29(4,5)17-24-27(21)22(12-19)16-30(6,7)33-24;1-7-21-16-20(25(18-29)30-6)17-22(32-21)9-8-19-14-23-26-24(15-19)28(4,5)11-13-31(26)12-10-27(23,2)3;1-16-11-20(22(15-24)25-2)14-21(27-16)8-7-17-12-18-5-3-9-26-10-4-6-19(13-17)23(18)26;1-14-11-16(19(13-20)21-2)12-18(23-14)10-7-15-5-8-17(9-6-15)22(3)4/h9-14,24,33H,15-17H2,1-7H3;8-9,14-17H,7,10-13H2,1-5H3;7-8,11-14H,3-6,9-10H2,1H3;5-12H,1,3-4H3/b10-9+,25-20-;9-8+,25-20+;8-7+,22-20+;10-7+,19-16+. The molecule has 9 heterocycles. The highest BCUT2D eigenvalue weighted by Gasteiger charge is 2.42. The summed E-state index contributed by atoms with van der Waals surface area (Å²) >= 11 is 0. The van der Waals surface area contributed by atoms with Crippen molar-refractivity contribution in [3.05, 3.63) is 332 Å². The molecular weight excluding hydrogens is 1430 g/mol. The molecule has 14 rings (SSSR count). The van der Waals surface area contributed by atoms with Crippen molar-refractivity contribution >= 4 is 41.4 Å². The Morgan fingerprint density at radius 3 is 1.35 bits per heavy atom. The van der Waals surface area contributed by atoms with Gasteiger partial charge in [-0.15, -0.1) is 0 Å². The van der Waals surface area contributed by atoms with Crippen LogP contribution in [0, 0.1) is 82.4 Å². The first-order valence-electron chi connectivity index (χ1n) is 39.9. The smallest absolute Gasteiger partial charge is 0.269 e. The van der Waals surface area contributed by atoms with E-state index in [1.807, 2.05) is 118 Å². The maximum Gasteiger partial charge on any atom is 0.269 e. The van der Waals surface area contributed by atoms with Gasteiger partial charge in [-0.25, -0.2) is 40.4 Å². The normalized spacial score (nSPS) is 21.0. The lowest BCUT2D eigenvalue weighted by molar-refractivity contribution is 0.205. The van der Waals surface area contributed by atoms with Gasteiger partial charge in [0.25, 0.3) is 22.8 Å². The number of nitrogens with zero attached hydrogens (tertiary/aromatic N) is 11. The second-order valence-corrected chi connectivity index (χ2v) is 34.9. The fourth-order valence-corrected chi connectivity index (χ4v) is 16.5. The minimum absolute atomic E-state index is 0.0638. The highest BCUT2D eigenvalue weighted by molar-refractivity contribution is 5.73. The zero-order valence-corrected chi connectivity index (χ0v) is 70.0. The zero-order valence-electron chi connectivity index (χ0n) is 70.0. The molecule has 9 aliphatic heterocycles. The van der Waals surface area contributed by atoms with Crippen molar-refractivity contribution in [1.82, 2.24) is 5.32 Å². The van der Waals surface area contributed by atoms with Crippen molar-refractivity contribution in [2.24, 2.45) is 10.8 Å². The molecule has 0 saturated carbocycles. The van der Waals surface area contributed by atoms with Crippen LogP contribution in [0.2, 0.25) is 0 Å². The maximum absolute atomic E-state index is 9.40. The third-order valence-corrected chi connectivity index (χ3v) is 22.4. The van der Waals surface area contributed by atoms with Crippen molar-refractivity contribution in [3.8, 4) is 24.3 Å². The van der Waals surface area contributed by atoms with E-state index in [2.05, 4.69) is 165 Å². The minimum Gasteiger partial charge on any atom is -0.462 e. The third-order valence-electron chi connectivity index (χ3n) is 22.4. The van der Waals surface area contributed by atoms with E-state index in [-0.39, 0.29) is 50.0 Å². The molecule has 4 aromatic carbocycles. The first kappa shape index (κ1) is 84.1. The molecule has 16 nitrogen and oxygen atoms in total. The van der Waals surface area contributed by atoms with Crippen LogP contribution in [0.25, 0.3) is 43.7 Å². The molecule has 0 spiro atoms. The van der Waals surface area contributed by atoms with Gasteiger partial charge >= 0.3 is 0 Å². The Balaban J connectivity index is 0.000000154. The number of rotatable bonds is 10. The van der Waals surface area contributed by atoms with Gasteiger partial charge in [-0.1, -0.05) is 118 Å². The van der Waals surface area contributed by atoms with Crippen molar-refractivity contribution in [3.63, 3.8) is 0 Å². The first-order valence-corrected chi connectivity index (χ1v) is 39.9. The molecule has 1 aliphatic carbocycles. The number of benzene rings is 4. The van der Waals surface area contributed by atoms with Gasteiger partial charge in [0.1, 0.15) is 46.1 Å². The lowest BCUT2D eigenvalue weighted by atomic mass is 9.67. The predicted molar refractivity (Wildman–Crippen MR) is 465 cm³/mol. The molecule has 588 valence electrons. The van der Waals surface area contributed by atoms with Crippen molar-refractivity contribution < 1.29 is 18.9 Å². The molecule has 1 N–H and O–H groups in total. The summed E-state index contributed by atoms with van der Waals surface area (Å²) in [5, 5.41) is 40.7. The minimum atomic E-state index is -0.240. The van der Waals surface area contributed by atoms with Crippen LogP contribution in [-0.4, -0.2) is 45.8 Å². The van der Waals surface area contributed by atoms with Crippen molar-refractivity contribution in [1.29, 1.82) is 21.0 Å². The molecule has 0 amide bonds. The highest BCUT2D eigenvalue weighted by Crippen LogP contribution is 2.51. The summed E-state index contributed by atoms with van der Waals surface area (Å²) in [7, 11) is 4.00. The van der Waals surface area contributed by atoms with E-state index in [0.29, 0.717) is 69.3 Å². The largest absolute Gasteiger partial charge is 0.462 e. The molecule has 1 unspecified atom stereocenters. The summed E-state index contributed by atoms with van der Waals surface area (Å²) in [5.41, 5.74) is 21.8. The molecule has 0 bridgehead atoms. The molecule has 0 fully saturated rings. The average molecular weight is 1540 g/mol. The van der Waals surface area contributed by atoms with Gasteiger partial charge in [0.2, 0.25) is 0 Å². The number of hydrogen-bond donors (Lipinski definition) is 1. The third kappa shape index (κ3) is 20.0. The van der Waals surface area contributed by atoms with Crippen LogP contribution in [0.4, 0.5) is 17.1 Å². The Hall–Kier alpha value is -12.8. The van der Waals surface area contributed by atoms with E-state index in [4.69, 9.17) is 55.8 Å². The van der Waals surface area contributed by atoms with Crippen LogP contribution in [0.3, 0.4) is 0 Å². The van der Waals surface area contributed by atoms with Gasteiger partial charge in [0.15, 0.2) is 0 Å². The quantitative estimate of drug-likeness (QED) is 0.118. The van der Waals surface area contributed by atoms with Gasteiger partial charge in [-0.3, -0.25) is 0 Å². The van der Waals surface area contributed by atoms with Gasteiger partial charge in [-0.2, -0.15) is 0 Å². The summed E-state index contributed by atoms with van der Waals surface area (Å²) in [6.07, 6.45) is 40.9. The summed E-state index contributed by atoms with van der Waals surface area (Å²) in [6, 6.07) is 30.3. The zero-order chi connectivity index (χ0) is 83.6. The Kier molecular flexibility index (Phi) is 25.6. The maximum atomic E-state index is 9.40. The molecule has 10 aliphatic rings. The molecule has 16 heteroatoms. The van der Waals surface area contributed by atoms with Gasteiger partial charge < -0.3 is 39.0 Å². The van der Waals surface area contributed by atoms with Crippen LogP contribution in [0.1, 0.15) is 203 Å². The van der Waals surface area contributed by atoms with E-state index in [0.717, 1.165) is 91.9 Å². The number of hydrogen-bond acceptors (Lipinski definition) is 12. The molecule has 116 heavy (non-hydrogen) atoms. The van der Waals surface area contributed by atoms with Crippen LogP contribution in [-0.2, 0) is 55.5 Å². The molecular formula is C100H104N12O4. The molecule has 1 atom stereocenters. The number of anilines is 3. The molecule has 4 aromatic rings. The molecule has 0 saturated heterocycles. The number of allylic oxidation sites excluding steroid dienone is 24. The van der Waals surface area contributed by atoms with Crippen LogP contribution in [0.15, 0.2) is 225 Å². The second-order valence-electron chi connectivity index (χ2n) is 34.9. The number of aryl methyl sites for hydroxylation is 2. The summed E-state index contributed by atoms with van der Waals surface area (Å²) in [6.45, 7) is 64.0. The Bertz CT molecular complexity index is 5370. The lowest BCUT2D eigenvalue weighted by Gasteiger charge is -2.48. The lowest BCUT2D eigenvalue weighted by Crippen LogP contribution is -2.50. The van der Waals surface area contributed by atoms with Crippen LogP contribution >= 0.6 is 0 Å². The average Bonchev–Trinajstić information content (AvgIpc) is 0.737. The Morgan fingerprint density at radius 2 is 0.914 bits per heavy atom. The monoisotopic (exact) mass is 1540 g/mol. The van der Waals surface area contributed by atoms with Gasteiger partial charge in [0, 0.05) is 80.8 Å². The topological polar surface area (TPSA) is 171 Å². The van der Waals surface area contributed by atoms with Crippen LogP contribution < -0.4 is 20.0 Å². The number of nitrogens with one attached hydrogen (secondary N) is 1. The number of ether oxygens (including phenoxy) is 4. The highest BCUT2D eigenvalue weighted by atomic mass is 16.5. The SMILES string of the molecule is [C-]#[N+]/C(C#N)=C1C=C(/C=C/c2cc3c4c(c2)C(C)(C)CCN4CCC3(C)C)OC(CC)=C/1.[C-]#[N+]/C(C#N)=C1C=C(/C=C/c2cc3c4c(c2)CC(C)(C)NC4CC(C)(C)C3)OC(C(C)(C)C)=C/1.[C-]#[N+]/C(C#N)=C1\C=C(C)OC(/C=C/c2cc3c4c(c2)CCCN4CCC3)=C1.[C-]#[N+]/C(C#N)=C1\C=C(C)OC(/C=C/c2ccc(N(C)C)cc2)=C1. The molecule has 0 aromatic heterocycles. The Labute approximate surface area is 688 Å². The first-order chi connectivity index (χ1) is 55.2. The summed E-state index contributed by atoms with van der Waals surface area (Å²) < 4.78 is 23.5. The van der Waals surface area contributed by atoms with E-state index < -0.39 is 0 Å². The van der Waals surface area contributed by atoms with E-state index in [1.54, 1.807) is 49.5 Å². The van der Waals surface area contributed by atoms with Gasteiger partial charge in [0.05, 0.1) is 50.6 Å². The Morgan fingerprint density at radius 1 is 0.509 bits per heavy atom. The summed E-state index contributed by atoms with van der Waals surface area (Å²) in [5.74, 6) is 5.40. The van der Waals surface area contributed by atoms with E-state index in [9.17, 15) is 10.5 Å². The van der Waals surface area contributed by atoms with Crippen molar-refractivity contribution in [2.45, 2.75) is 184 Å². The van der Waals surface area contributed by atoms with E-state index >= 15 is 0 Å². The fourth-order valence-electron chi connectivity index (χ4n) is 16.5.